The molecule has 0 aliphatic carbocycles. The summed E-state index contributed by atoms with van der Waals surface area (Å²) in [7, 11) is 0. The van der Waals surface area contributed by atoms with Gasteiger partial charge in [0.05, 0.1) is 19.3 Å². The van der Waals surface area contributed by atoms with Crippen molar-refractivity contribution in [1.29, 1.82) is 0 Å². The van der Waals surface area contributed by atoms with E-state index >= 15 is 0 Å². The van der Waals surface area contributed by atoms with E-state index in [1.54, 1.807) is 10.7 Å². The van der Waals surface area contributed by atoms with Crippen LogP contribution in [0.15, 0.2) is 24.4 Å². The minimum absolute atomic E-state index is 0.197. The number of fused-ring (bicyclic) bond motifs is 1. The lowest BCUT2D eigenvalue weighted by atomic mass is 10.2. The molecule has 1 aromatic carbocycles. The van der Waals surface area contributed by atoms with Gasteiger partial charge in [-0.1, -0.05) is 11.3 Å². The first-order valence-corrected chi connectivity index (χ1v) is 6.39. The van der Waals surface area contributed by atoms with Crippen molar-refractivity contribution in [1.82, 2.24) is 15.0 Å². The average Bonchev–Trinajstić information content (AvgIpc) is 2.98. The summed E-state index contributed by atoms with van der Waals surface area (Å²) in [5, 5.41) is 8.12. The lowest BCUT2D eigenvalue weighted by Gasteiger charge is -2.17. The zero-order chi connectivity index (χ0) is 13.2. The number of aromatic nitrogens is 3. The predicted molar refractivity (Wildman–Crippen MR) is 70.2 cm³/mol. The standard InChI is InChI=1S/C13H16FN5/c14-11-2-1-10-3-5-18(13(10)7-11)8-12-9-19(6-4-15)17-16-12/h1-2,7,9H,3-6,8,15H2. The maximum atomic E-state index is 13.3. The highest BCUT2D eigenvalue weighted by Gasteiger charge is 2.20. The van der Waals surface area contributed by atoms with E-state index < -0.39 is 0 Å². The van der Waals surface area contributed by atoms with Gasteiger partial charge in [0.15, 0.2) is 0 Å². The number of hydrogen-bond donors (Lipinski definition) is 1. The number of hydrogen-bond acceptors (Lipinski definition) is 4. The molecule has 0 amide bonds. The molecule has 5 nitrogen and oxygen atoms in total. The minimum Gasteiger partial charge on any atom is -0.365 e. The number of anilines is 1. The van der Waals surface area contributed by atoms with Gasteiger partial charge in [0.2, 0.25) is 0 Å². The molecule has 1 aromatic heterocycles. The van der Waals surface area contributed by atoms with Crippen molar-refractivity contribution in [3.63, 3.8) is 0 Å². The summed E-state index contributed by atoms with van der Waals surface area (Å²) >= 11 is 0. The van der Waals surface area contributed by atoms with Crippen LogP contribution >= 0.6 is 0 Å². The molecule has 0 saturated heterocycles. The predicted octanol–water partition coefficient (Wildman–Crippen LogP) is 0.939. The molecular weight excluding hydrogens is 245 g/mol. The fraction of sp³-hybridized carbons (Fsp3) is 0.385. The SMILES string of the molecule is NCCn1cc(CN2CCc3ccc(F)cc32)nn1. The van der Waals surface area contributed by atoms with Crippen LogP contribution in [0.4, 0.5) is 10.1 Å². The van der Waals surface area contributed by atoms with Gasteiger partial charge in [-0.2, -0.15) is 0 Å². The third-order valence-corrected chi connectivity index (χ3v) is 3.34. The number of halogens is 1. The van der Waals surface area contributed by atoms with Crippen molar-refractivity contribution in [3.05, 3.63) is 41.5 Å². The van der Waals surface area contributed by atoms with Crippen LogP contribution < -0.4 is 10.6 Å². The quantitative estimate of drug-likeness (QED) is 0.889. The minimum atomic E-state index is -0.197. The molecule has 0 spiro atoms. The Morgan fingerprint density at radius 2 is 2.26 bits per heavy atom. The molecule has 0 bridgehead atoms. The Morgan fingerprint density at radius 1 is 1.37 bits per heavy atom. The first kappa shape index (κ1) is 12.1. The zero-order valence-corrected chi connectivity index (χ0v) is 10.6. The Balaban J connectivity index is 1.76. The third-order valence-electron chi connectivity index (χ3n) is 3.34. The van der Waals surface area contributed by atoms with Crippen molar-refractivity contribution >= 4 is 5.69 Å². The Morgan fingerprint density at radius 3 is 3.11 bits per heavy atom. The smallest absolute Gasteiger partial charge is 0.125 e. The van der Waals surface area contributed by atoms with Crippen molar-refractivity contribution in [2.75, 3.05) is 18.0 Å². The summed E-state index contributed by atoms with van der Waals surface area (Å²) in [6.45, 7) is 2.75. The van der Waals surface area contributed by atoms with Crippen LogP contribution in [0, 0.1) is 5.82 Å². The molecule has 100 valence electrons. The Hall–Kier alpha value is -1.95. The highest BCUT2D eigenvalue weighted by Crippen LogP contribution is 2.29. The highest BCUT2D eigenvalue weighted by molar-refractivity contribution is 5.58. The molecule has 1 aliphatic rings. The van der Waals surface area contributed by atoms with Crippen LogP contribution in [0.2, 0.25) is 0 Å². The van der Waals surface area contributed by atoms with Gasteiger partial charge < -0.3 is 10.6 Å². The van der Waals surface area contributed by atoms with Crippen molar-refractivity contribution in [2.45, 2.75) is 19.5 Å². The first-order chi connectivity index (χ1) is 9.26. The van der Waals surface area contributed by atoms with E-state index in [1.165, 1.54) is 11.6 Å². The van der Waals surface area contributed by atoms with Crippen LogP contribution in [0.25, 0.3) is 0 Å². The third kappa shape index (κ3) is 2.44. The summed E-state index contributed by atoms with van der Waals surface area (Å²) < 4.78 is 15.0. The topological polar surface area (TPSA) is 60.0 Å². The molecular formula is C13H16FN5. The van der Waals surface area contributed by atoms with E-state index in [9.17, 15) is 4.39 Å². The molecule has 6 heteroatoms. The molecule has 2 heterocycles. The largest absolute Gasteiger partial charge is 0.365 e. The number of rotatable bonds is 4. The van der Waals surface area contributed by atoms with Crippen LogP contribution in [0.5, 0.6) is 0 Å². The van der Waals surface area contributed by atoms with Gasteiger partial charge in [-0.05, 0) is 24.1 Å². The molecule has 0 saturated carbocycles. The first-order valence-electron chi connectivity index (χ1n) is 6.39. The fourth-order valence-electron chi connectivity index (χ4n) is 2.43. The lowest BCUT2D eigenvalue weighted by molar-refractivity contribution is 0.598. The maximum Gasteiger partial charge on any atom is 0.125 e. The monoisotopic (exact) mass is 261 g/mol. The Kier molecular flexibility index (Phi) is 3.16. The van der Waals surface area contributed by atoms with Gasteiger partial charge in [0.25, 0.3) is 0 Å². The van der Waals surface area contributed by atoms with Crippen LogP contribution in [-0.2, 0) is 19.5 Å². The fourth-order valence-corrected chi connectivity index (χ4v) is 2.43. The average molecular weight is 261 g/mol. The normalized spacial score (nSPS) is 13.9. The van der Waals surface area contributed by atoms with Crippen LogP contribution in [0.3, 0.4) is 0 Å². The number of benzene rings is 1. The molecule has 2 N–H and O–H groups in total. The maximum absolute atomic E-state index is 13.3. The molecule has 0 atom stereocenters. The van der Waals surface area contributed by atoms with E-state index in [0.29, 0.717) is 19.6 Å². The summed E-state index contributed by atoms with van der Waals surface area (Å²) in [4.78, 5) is 2.13. The van der Waals surface area contributed by atoms with E-state index in [-0.39, 0.29) is 5.82 Å². The Bertz CT molecular complexity index is 580. The molecule has 19 heavy (non-hydrogen) atoms. The zero-order valence-electron chi connectivity index (χ0n) is 10.6. The van der Waals surface area contributed by atoms with Gasteiger partial charge in [-0.15, -0.1) is 5.10 Å². The molecule has 1 aliphatic heterocycles. The van der Waals surface area contributed by atoms with Crippen molar-refractivity contribution < 1.29 is 4.39 Å². The number of nitrogens with zero attached hydrogens (tertiary/aromatic N) is 4. The molecule has 0 fully saturated rings. The van der Waals surface area contributed by atoms with Crippen molar-refractivity contribution in [3.8, 4) is 0 Å². The second-order valence-electron chi connectivity index (χ2n) is 4.71. The molecule has 0 unspecified atom stereocenters. The van der Waals surface area contributed by atoms with Gasteiger partial charge in [0, 0.05) is 18.8 Å². The van der Waals surface area contributed by atoms with Gasteiger partial charge in [-0.25, -0.2) is 4.39 Å². The van der Waals surface area contributed by atoms with Crippen molar-refractivity contribution in [2.24, 2.45) is 5.73 Å². The summed E-state index contributed by atoms with van der Waals surface area (Å²) in [5.41, 5.74) is 8.51. The molecule has 3 rings (SSSR count). The molecule has 0 radical (unpaired) electrons. The Labute approximate surface area is 110 Å². The van der Waals surface area contributed by atoms with E-state index in [0.717, 1.165) is 24.3 Å². The van der Waals surface area contributed by atoms with E-state index in [1.807, 2.05) is 12.3 Å². The van der Waals surface area contributed by atoms with Crippen LogP contribution in [-0.4, -0.2) is 28.1 Å². The van der Waals surface area contributed by atoms with Gasteiger partial charge in [0.1, 0.15) is 11.5 Å². The van der Waals surface area contributed by atoms with Crippen LogP contribution in [0.1, 0.15) is 11.3 Å². The van der Waals surface area contributed by atoms with Gasteiger partial charge in [-0.3, -0.25) is 4.68 Å². The summed E-state index contributed by atoms with van der Waals surface area (Å²) in [6, 6.07) is 4.96. The second-order valence-corrected chi connectivity index (χ2v) is 4.71. The number of nitrogens with two attached hydrogens (primary N) is 1. The highest BCUT2D eigenvalue weighted by atomic mass is 19.1. The molecule has 2 aromatic rings. The summed E-state index contributed by atoms with van der Waals surface area (Å²) in [5.74, 6) is -0.197. The van der Waals surface area contributed by atoms with E-state index in [2.05, 4.69) is 15.2 Å². The van der Waals surface area contributed by atoms with Gasteiger partial charge >= 0.3 is 0 Å². The lowest BCUT2D eigenvalue weighted by Crippen LogP contribution is -2.20. The van der Waals surface area contributed by atoms with E-state index in [4.69, 9.17) is 5.73 Å². The second kappa shape index (κ2) is 4.97. The summed E-state index contributed by atoms with van der Waals surface area (Å²) in [6.07, 6.45) is 2.84.